The zero-order valence-electron chi connectivity index (χ0n) is 36.9. The van der Waals surface area contributed by atoms with Gasteiger partial charge in [-0.3, -0.25) is 24.4 Å². The lowest BCUT2D eigenvalue weighted by atomic mass is 9.96. The molecule has 6 aromatic rings. The molecule has 2 aliphatic heterocycles. The van der Waals surface area contributed by atoms with Crippen molar-refractivity contribution in [3.05, 3.63) is 171 Å². The van der Waals surface area contributed by atoms with E-state index in [1.54, 1.807) is 88.9 Å². The van der Waals surface area contributed by atoms with Crippen LogP contribution >= 0.6 is 23.2 Å². The molecular formula is C50H46Cl2F3N9O5. The van der Waals surface area contributed by atoms with Gasteiger partial charge < -0.3 is 36.8 Å². The van der Waals surface area contributed by atoms with Crippen LogP contribution in [0, 0.1) is 0 Å². The SMILES string of the molecule is NC(=O)c1ccccc1.O=C(Nc1cncc(N2CCc3cc(Cl)ccc3C2=O)c1)NC1CCCCC1.O=C(Nc1cncc(N2CCc3cc(Cl)ccc3C2=O)c1)Nc1cccc(C(F)(F)F)c1. The van der Waals surface area contributed by atoms with Crippen LogP contribution in [-0.2, 0) is 19.0 Å². The number of nitrogens with two attached hydrogens (primary N) is 1. The molecule has 1 aliphatic carbocycles. The zero-order valence-corrected chi connectivity index (χ0v) is 38.4. The fraction of sp³-hybridized carbons (Fsp3) is 0.220. The van der Waals surface area contributed by atoms with Gasteiger partial charge in [0.25, 0.3) is 11.8 Å². The molecule has 69 heavy (non-hydrogen) atoms. The summed E-state index contributed by atoms with van der Waals surface area (Å²) in [6.07, 6.45) is 8.52. The molecule has 1 fully saturated rings. The van der Waals surface area contributed by atoms with E-state index in [2.05, 4.69) is 31.2 Å². The molecule has 0 unspecified atom stereocenters. The Labute approximate surface area is 405 Å². The number of halogens is 5. The van der Waals surface area contributed by atoms with Crippen molar-refractivity contribution in [1.82, 2.24) is 15.3 Å². The van der Waals surface area contributed by atoms with Crippen LogP contribution in [-0.4, -0.2) is 58.9 Å². The van der Waals surface area contributed by atoms with E-state index in [4.69, 9.17) is 28.9 Å². The average molecular weight is 981 g/mol. The van der Waals surface area contributed by atoms with E-state index in [9.17, 15) is 37.1 Å². The zero-order chi connectivity index (χ0) is 49.1. The van der Waals surface area contributed by atoms with Crippen LogP contribution in [0.4, 0.5) is 51.2 Å². The summed E-state index contributed by atoms with van der Waals surface area (Å²) in [6, 6.07) is 26.1. The topological polar surface area (TPSA) is 192 Å². The van der Waals surface area contributed by atoms with Crippen molar-refractivity contribution in [3.63, 3.8) is 0 Å². The van der Waals surface area contributed by atoms with E-state index in [-0.39, 0.29) is 41.2 Å². The summed E-state index contributed by atoms with van der Waals surface area (Å²) in [7, 11) is 0. The van der Waals surface area contributed by atoms with Crippen molar-refractivity contribution in [2.75, 3.05) is 38.8 Å². The summed E-state index contributed by atoms with van der Waals surface area (Å²) < 4.78 is 38.5. The van der Waals surface area contributed by atoms with Gasteiger partial charge in [0.1, 0.15) is 0 Å². The number of primary amides is 1. The van der Waals surface area contributed by atoms with Gasteiger partial charge in [-0.1, -0.05) is 66.7 Å². The molecule has 19 heteroatoms. The van der Waals surface area contributed by atoms with Crippen LogP contribution in [0.15, 0.2) is 128 Å². The number of alkyl halides is 3. The van der Waals surface area contributed by atoms with Gasteiger partial charge in [-0.15, -0.1) is 0 Å². The monoisotopic (exact) mass is 979 g/mol. The fourth-order valence-electron chi connectivity index (χ4n) is 7.96. The van der Waals surface area contributed by atoms with Crippen LogP contribution < -0.4 is 36.8 Å². The first-order valence-electron chi connectivity index (χ1n) is 21.9. The number of pyridine rings is 2. The number of benzene rings is 4. The second kappa shape index (κ2) is 22.5. The molecule has 3 aliphatic rings. The maximum Gasteiger partial charge on any atom is 0.416 e. The summed E-state index contributed by atoms with van der Waals surface area (Å²) in [6.45, 7) is 0.958. The molecule has 4 aromatic carbocycles. The minimum atomic E-state index is -4.52. The average Bonchev–Trinajstić information content (AvgIpc) is 3.32. The van der Waals surface area contributed by atoms with E-state index < -0.39 is 17.8 Å². The summed E-state index contributed by atoms with van der Waals surface area (Å²) in [5.41, 5.74) is 9.66. The van der Waals surface area contributed by atoms with E-state index in [1.165, 1.54) is 30.9 Å². The number of carbonyl (C=O) groups is 5. The van der Waals surface area contributed by atoms with Crippen molar-refractivity contribution in [2.24, 2.45) is 5.73 Å². The number of carbonyl (C=O) groups excluding carboxylic acids is 5. The molecule has 0 bridgehead atoms. The van der Waals surface area contributed by atoms with Gasteiger partial charge in [-0.25, -0.2) is 9.59 Å². The Kier molecular flexibility index (Phi) is 16.1. The number of nitrogens with zero attached hydrogens (tertiary/aromatic N) is 4. The first-order chi connectivity index (χ1) is 33.1. The Hall–Kier alpha value is -7.50. The summed E-state index contributed by atoms with van der Waals surface area (Å²) >= 11 is 12.0. The Morgan fingerprint density at radius 3 is 1.64 bits per heavy atom. The Morgan fingerprint density at radius 2 is 1.13 bits per heavy atom. The number of amides is 7. The number of aromatic nitrogens is 2. The summed E-state index contributed by atoms with van der Waals surface area (Å²) in [4.78, 5) is 72.2. The number of nitrogens with one attached hydrogen (secondary N) is 4. The normalized spacial score (nSPS) is 14.4. The van der Waals surface area contributed by atoms with Crippen molar-refractivity contribution in [1.29, 1.82) is 0 Å². The molecule has 4 heterocycles. The molecule has 0 radical (unpaired) electrons. The van der Waals surface area contributed by atoms with E-state index in [0.29, 0.717) is 63.3 Å². The Balaban J connectivity index is 0.000000174. The van der Waals surface area contributed by atoms with Gasteiger partial charge in [0.05, 0.1) is 53.1 Å². The molecule has 0 atom stereocenters. The maximum atomic E-state index is 12.9. The molecule has 2 aromatic heterocycles. The van der Waals surface area contributed by atoms with Gasteiger partial charge >= 0.3 is 18.2 Å². The van der Waals surface area contributed by atoms with E-state index >= 15 is 0 Å². The van der Waals surface area contributed by atoms with Gasteiger partial charge in [0.15, 0.2) is 0 Å². The Morgan fingerprint density at radius 1 is 0.609 bits per heavy atom. The second-order valence-electron chi connectivity index (χ2n) is 16.2. The van der Waals surface area contributed by atoms with Gasteiger partial charge in [0, 0.05) is 51.6 Å². The van der Waals surface area contributed by atoms with Gasteiger partial charge in [-0.05, 0) is 116 Å². The molecule has 0 spiro atoms. The van der Waals surface area contributed by atoms with Crippen molar-refractivity contribution >= 4 is 81.4 Å². The van der Waals surface area contributed by atoms with Gasteiger partial charge in [0.2, 0.25) is 5.91 Å². The minimum Gasteiger partial charge on any atom is -0.366 e. The predicted octanol–water partition coefficient (Wildman–Crippen LogP) is 10.8. The lowest BCUT2D eigenvalue weighted by Gasteiger charge is -2.28. The van der Waals surface area contributed by atoms with Crippen LogP contribution in [0.25, 0.3) is 0 Å². The highest BCUT2D eigenvalue weighted by Crippen LogP contribution is 2.32. The second-order valence-corrected chi connectivity index (χ2v) is 17.1. The molecule has 7 amide bonds. The van der Waals surface area contributed by atoms with Crippen LogP contribution in [0.3, 0.4) is 0 Å². The van der Waals surface area contributed by atoms with Gasteiger partial charge in [-0.2, -0.15) is 13.2 Å². The molecular weight excluding hydrogens is 935 g/mol. The lowest BCUT2D eigenvalue weighted by Crippen LogP contribution is -2.39. The van der Waals surface area contributed by atoms with Crippen LogP contribution in [0.1, 0.15) is 79.9 Å². The predicted molar refractivity (Wildman–Crippen MR) is 260 cm³/mol. The molecule has 6 N–H and O–H groups in total. The quantitative estimate of drug-likeness (QED) is 0.105. The number of hydrogen-bond donors (Lipinski definition) is 5. The number of urea groups is 2. The lowest BCUT2D eigenvalue weighted by molar-refractivity contribution is -0.137. The molecule has 1 saturated carbocycles. The first kappa shape index (κ1) is 49.4. The highest BCUT2D eigenvalue weighted by Gasteiger charge is 2.31. The number of rotatable bonds is 7. The van der Waals surface area contributed by atoms with Crippen molar-refractivity contribution < 1.29 is 37.1 Å². The van der Waals surface area contributed by atoms with Crippen molar-refractivity contribution in [3.8, 4) is 0 Å². The molecule has 0 saturated heterocycles. The highest BCUT2D eigenvalue weighted by molar-refractivity contribution is 6.31. The third-order valence-corrected chi connectivity index (χ3v) is 11.8. The minimum absolute atomic E-state index is 0.0112. The molecule has 9 rings (SSSR count). The largest absolute Gasteiger partial charge is 0.416 e. The smallest absolute Gasteiger partial charge is 0.366 e. The molecule has 14 nitrogen and oxygen atoms in total. The van der Waals surface area contributed by atoms with E-state index in [1.807, 2.05) is 12.1 Å². The van der Waals surface area contributed by atoms with Crippen LogP contribution in [0.5, 0.6) is 0 Å². The maximum absolute atomic E-state index is 12.9. The Bertz CT molecular complexity index is 2850. The number of hydrogen-bond acceptors (Lipinski definition) is 7. The third-order valence-electron chi connectivity index (χ3n) is 11.3. The molecule has 356 valence electrons. The highest BCUT2D eigenvalue weighted by atomic mass is 35.5. The number of fused-ring (bicyclic) bond motifs is 2. The fourth-order valence-corrected chi connectivity index (χ4v) is 8.35. The number of anilines is 5. The van der Waals surface area contributed by atoms with Crippen molar-refractivity contribution in [2.45, 2.75) is 57.2 Å². The standard InChI is InChI=1S/C22H16ClF3N4O2.C21H23ClN4O2.C7H7NO/c23-15-4-5-19-13(8-15)6-7-30(20(19)31)18-10-17(11-27-12-18)29-21(32)28-16-3-1-2-14(9-16)22(24,25)26;22-15-6-7-19-14(10-15)8-9-26(20(19)27)18-11-17(12-23-13-18)25-21(28)24-16-4-2-1-3-5-16;8-7(9)6-4-2-1-3-5-6/h1-5,8-12H,6-7H2,(H2,28,29,32);6-7,10-13,16H,1-5,8-9H2,(H2,24,25,28);1-5H,(H2,8,9). The third kappa shape index (κ3) is 13.4. The first-order valence-corrected chi connectivity index (χ1v) is 22.6. The summed E-state index contributed by atoms with van der Waals surface area (Å²) in [5, 5.41) is 11.9. The van der Waals surface area contributed by atoms with E-state index in [0.717, 1.165) is 55.4 Å². The summed E-state index contributed by atoms with van der Waals surface area (Å²) in [5.74, 6) is -0.672. The van der Waals surface area contributed by atoms with Crippen LogP contribution in [0.2, 0.25) is 10.0 Å².